The highest BCUT2D eigenvalue weighted by Crippen LogP contribution is 2.20. The van der Waals surface area contributed by atoms with Crippen molar-refractivity contribution in [3.63, 3.8) is 0 Å². The number of rotatable bonds is 3. The van der Waals surface area contributed by atoms with Crippen LogP contribution in [0.25, 0.3) is 0 Å². The van der Waals surface area contributed by atoms with E-state index in [-0.39, 0.29) is 16.3 Å². The van der Waals surface area contributed by atoms with Gasteiger partial charge < -0.3 is 5.73 Å². The van der Waals surface area contributed by atoms with E-state index in [9.17, 15) is 12.8 Å². The van der Waals surface area contributed by atoms with Crippen molar-refractivity contribution in [3.05, 3.63) is 48.5 Å². The summed E-state index contributed by atoms with van der Waals surface area (Å²) in [5, 5.41) is 0. The number of anilines is 2. The topological polar surface area (TPSA) is 85.1 Å². The van der Waals surface area contributed by atoms with Gasteiger partial charge in [0.15, 0.2) is 0 Å². The van der Waals surface area contributed by atoms with Crippen LogP contribution in [0.15, 0.2) is 47.6 Å². The Morgan fingerprint density at radius 2 is 1.83 bits per heavy atom. The molecule has 5 nitrogen and oxygen atoms in total. The predicted octanol–water partition coefficient (Wildman–Crippen LogP) is 1.60. The SMILES string of the molecule is Nc1ccncc1S(=O)(=O)Nc1ccc(F)cc1. The highest BCUT2D eigenvalue weighted by molar-refractivity contribution is 7.92. The first-order chi connectivity index (χ1) is 8.49. The second-order valence-corrected chi connectivity index (χ2v) is 5.18. The Hall–Kier alpha value is -2.15. The molecule has 2 rings (SSSR count). The van der Waals surface area contributed by atoms with Gasteiger partial charge in [0.2, 0.25) is 0 Å². The maximum absolute atomic E-state index is 12.7. The molecule has 0 unspecified atom stereocenters. The van der Waals surface area contributed by atoms with Gasteiger partial charge >= 0.3 is 0 Å². The van der Waals surface area contributed by atoms with Crippen LogP contribution in [0.1, 0.15) is 0 Å². The Balaban J connectivity index is 2.33. The molecule has 0 saturated heterocycles. The number of nitrogen functional groups attached to an aromatic ring is 1. The van der Waals surface area contributed by atoms with Crippen molar-refractivity contribution in [2.24, 2.45) is 0 Å². The summed E-state index contributed by atoms with van der Waals surface area (Å²) in [6.45, 7) is 0. The molecule has 3 N–H and O–H groups in total. The van der Waals surface area contributed by atoms with Crippen molar-refractivity contribution in [2.45, 2.75) is 4.90 Å². The van der Waals surface area contributed by atoms with Crippen molar-refractivity contribution in [1.29, 1.82) is 0 Å². The molecule has 1 heterocycles. The molecular weight excluding hydrogens is 257 g/mol. The maximum Gasteiger partial charge on any atom is 0.265 e. The molecule has 94 valence electrons. The molecule has 0 aliphatic heterocycles. The zero-order valence-corrected chi connectivity index (χ0v) is 9.99. The minimum atomic E-state index is -3.82. The van der Waals surface area contributed by atoms with Crippen LogP contribution in [-0.4, -0.2) is 13.4 Å². The average Bonchev–Trinajstić information content (AvgIpc) is 2.32. The zero-order chi connectivity index (χ0) is 13.2. The third kappa shape index (κ3) is 2.57. The number of nitrogens with two attached hydrogens (primary N) is 1. The van der Waals surface area contributed by atoms with Gasteiger partial charge in [0, 0.05) is 18.1 Å². The molecule has 0 aliphatic rings. The van der Waals surface area contributed by atoms with E-state index >= 15 is 0 Å². The molecule has 0 saturated carbocycles. The number of nitrogens with one attached hydrogen (secondary N) is 1. The van der Waals surface area contributed by atoms with Crippen LogP contribution in [0.5, 0.6) is 0 Å². The summed E-state index contributed by atoms with van der Waals surface area (Å²) in [5.74, 6) is -0.446. The van der Waals surface area contributed by atoms with Gasteiger partial charge in [-0.3, -0.25) is 9.71 Å². The maximum atomic E-state index is 12.7. The van der Waals surface area contributed by atoms with Gasteiger partial charge in [0.05, 0.1) is 5.69 Å². The molecule has 0 radical (unpaired) electrons. The van der Waals surface area contributed by atoms with E-state index in [0.29, 0.717) is 0 Å². The highest BCUT2D eigenvalue weighted by atomic mass is 32.2. The molecule has 18 heavy (non-hydrogen) atoms. The number of benzene rings is 1. The van der Waals surface area contributed by atoms with E-state index in [1.807, 2.05) is 0 Å². The van der Waals surface area contributed by atoms with Gasteiger partial charge in [-0.05, 0) is 30.3 Å². The van der Waals surface area contributed by atoms with Gasteiger partial charge in [-0.25, -0.2) is 12.8 Å². The lowest BCUT2D eigenvalue weighted by Crippen LogP contribution is -2.15. The first-order valence-corrected chi connectivity index (χ1v) is 6.45. The quantitative estimate of drug-likeness (QED) is 0.884. The van der Waals surface area contributed by atoms with Gasteiger partial charge in [-0.1, -0.05) is 0 Å². The molecule has 1 aromatic carbocycles. The van der Waals surface area contributed by atoms with E-state index in [2.05, 4.69) is 9.71 Å². The number of sulfonamides is 1. The monoisotopic (exact) mass is 267 g/mol. The smallest absolute Gasteiger partial charge is 0.265 e. The van der Waals surface area contributed by atoms with Crippen molar-refractivity contribution in [1.82, 2.24) is 4.98 Å². The molecule has 0 bridgehead atoms. The van der Waals surface area contributed by atoms with Crippen molar-refractivity contribution < 1.29 is 12.8 Å². The van der Waals surface area contributed by atoms with Gasteiger partial charge in [0.1, 0.15) is 10.7 Å². The van der Waals surface area contributed by atoms with Crippen LogP contribution in [0.2, 0.25) is 0 Å². The molecule has 0 atom stereocenters. The molecular formula is C11H10FN3O2S. The largest absolute Gasteiger partial charge is 0.398 e. The average molecular weight is 267 g/mol. The lowest BCUT2D eigenvalue weighted by molar-refractivity contribution is 0.601. The van der Waals surface area contributed by atoms with Crippen LogP contribution in [0.4, 0.5) is 15.8 Å². The lowest BCUT2D eigenvalue weighted by atomic mass is 10.3. The Bertz CT molecular complexity index is 656. The van der Waals surface area contributed by atoms with Gasteiger partial charge in [0.25, 0.3) is 10.0 Å². The summed E-state index contributed by atoms with van der Waals surface area (Å²) in [6, 6.07) is 6.34. The van der Waals surface area contributed by atoms with Crippen LogP contribution in [-0.2, 0) is 10.0 Å². The number of aromatic nitrogens is 1. The van der Waals surface area contributed by atoms with Gasteiger partial charge in [-0.15, -0.1) is 0 Å². The minimum absolute atomic E-state index is 0.0969. The Kier molecular flexibility index (Phi) is 3.15. The molecule has 0 fully saturated rings. The summed E-state index contributed by atoms with van der Waals surface area (Å²) in [4.78, 5) is 3.59. The van der Waals surface area contributed by atoms with Crippen LogP contribution < -0.4 is 10.5 Å². The van der Waals surface area contributed by atoms with E-state index in [0.717, 1.165) is 18.3 Å². The summed E-state index contributed by atoms with van der Waals surface area (Å²) in [6.07, 6.45) is 2.55. The predicted molar refractivity (Wildman–Crippen MR) is 65.9 cm³/mol. The fraction of sp³-hybridized carbons (Fsp3) is 0. The first-order valence-electron chi connectivity index (χ1n) is 4.97. The van der Waals surface area contributed by atoms with Crippen molar-refractivity contribution >= 4 is 21.4 Å². The second-order valence-electron chi connectivity index (χ2n) is 3.53. The molecule has 0 amide bonds. The summed E-state index contributed by atoms with van der Waals surface area (Å²) >= 11 is 0. The Morgan fingerprint density at radius 1 is 1.17 bits per heavy atom. The highest BCUT2D eigenvalue weighted by Gasteiger charge is 2.17. The van der Waals surface area contributed by atoms with Gasteiger partial charge in [-0.2, -0.15) is 0 Å². The fourth-order valence-corrected chi connectivity index (χ4v) is 2.48. The van der Waals surface area contributed by atoms with Crippen LogP contribution in [0, 0.1) is 5.82 Å². The van der Waals surface area contributed by atoms with E-state index in [1.54, 1.807) is 0 Å². The molecule has 0 spiro atoms. The Morgan fingerprint density at radius 3 is 2.44 bits per heavy atom. The molecule has 0 aliphatic carbocycles. The van der Waals surface area contributed by atoms with Crippen molar-refractivity contribution in [3.8, 4) is 0 Å². The summed E-state index contributed by atoms with van der Waals surface area (Å²) < 4.78 is 39.0. The number of nitrogens with zero attached hydrogens (tertiary/aromatic N) is 1. The van der Waals surface area contributed by atoms with Crippen molar-refractivity contribution in [2.75, 3.05) is 10.5 Å². The lowest BCUT2D eigenvalue weighted by Gasteiger charge is -2.09. The Labute approximate surface area is 104 Å². The minimum Gasteiger partial charge on any atom is -0.398 e. The fourth-order valence-electron chi connectivity index (χ4n) is 1.34. The molecule has 2 aromatic rings. The normalized spacial score (nSPS) is 11.2. The summed E-state index contributed by atoms with van der Waals surface area (Å²) in [7, 11) is -3.82. The number of hydrogen-bond acceptors (Lipinski definition) is 4. The zero-order valence-electron chi connectivity index (χ0n) is 9.17. The standard InChI is InChI=1S/C11H10FN3O2S/c12-8-1-3-9(4-2-8)15-18(16,17)11-7-14-6-5-10(11)13/h1-7,15H,(H2,13,14). The van der Waals surface area contributed by atoms with Crippen LogP contribution in [0.3, 0.4) is 0 Å². The molecule has 1 aromatic heterocycles. The third-order valence-electron chi connectivity index (χ3n) is 2.20. The molecule has 7 heteroatoms. The number of halogens is 1. The van der Waals surface area contributed by atoms with E-state index in [1.165, 1.54) is 24.4 Å². The van der Waals surface area contributed by atoms with E-state index < -0.39 is 15.8 Å². The summed E-state index contributed by atoms with van der Waals surface area (Å²) in [5.41, 5.74) is 5.91. The first kappa shape index (κ1) is 12.3. The third-order valence-corrected chi connectivity index (χ3v) is 3.63. The number of hydrogen-bond donors (Lipinski definition) is 2. The number of pyridine rings is 1. The van der Waals surface area contributed by atoms with Crippen LogP contribution >= 0.6 is 0 Å². The second kappa shape index (κ2) is 4.61. The van der Waals surface area contributed by atoms with E-state index in [4.69, 9.17) is 5.73 Å².